The molecule has 0 heterocycles. The monoisotopic (exact) mass is 184 g/mol. The van der Waals surface area contributed by atoms with Crippen molar-refractivity contribution < 1.29 is 10.2 Å². The number of aliphatic hydroxyl groups excluding tert-OH is 2. The van der Waals surface area contributed by atoms with Gasteiger partial charge in [0.2, 0.25) is 0 Å². The van der Waals surface area contributed by atoms with Gasteiger partial charge in [0.05, 0.1) is 6.10 Å². The molecule has 0 aromatic carbocycles. The summed E-state index contributed by atoms with van der Waals surface area (Å²) in [5, 5.41) is 16.3. The van der Waals surface area contributed by atoms with Gasteiger partial charge >= 0.3 is 0 Å². The fraction of sp³-hybridized carbons (Fsp3) is 0.455. The van der Waals surface area contributed by atoms with E-state index < -0.39 is 6.10 Å². The Bertz CT molecular complexity index is 177. The van der Waals surface area contributed by atoms with Gasteiger partial charge in [-0.15, -0.1) is 0 Å². The van der Waals surface area contributed by atoms with E-state index in [4.69, 9.17) is 5.11 Å². The number of hydrogen-bond acceptors (Lipinski definition) is 2. The predicted molar refractivity (Wildman–Crippen MR) is 57.5 cm³/mol. The summed E-state index contributed by atoms with van der Waals surface area (Å²) in [6.45, 7) is 11.2. The lowest BCUT2D eigenvalue weighted by atomic mass is 10.1. The Morgan fingerprint density at radius 3 is 2.15 bits per heavy atom. The summed E-state index contributed by atoms with van der Waals surface area (Å²) in [5.41, 5.74) is 1.99. The Kier molecular flexibility index (Phi) is 10.4. The van der Waals surface area contributed by atoms with Gasteiger partial charge in [0, 0.05) is 13.5 Å². The molecular formula is C11H20O2. The molecule has 13 heavy (non-hydrogen) atoms. The van der Waals surface area contributed by atoms with Crippen LogP contribution in [0.1, 0.15) is 20.3 Å². The van der Waals surface area contributed by atoms with E-state index in [-0.39, 0.29) is 0 Å². The summed E-state index contributed by atoms with van der Waals surface area (Å²) in [4.78, 5) is 0. The second kappa shape index (κ2) is 9.23. The third kappa shape index (κ3) is 11.1. The zero-order chi connectivity index (χ0) is 10.9. The van der Waals surface area contributed by atoms with Crippen LogP contribution in [-0.2, 0) is 0 Å². The van der Waals surface area contributed by atoms with Gasteiger partial charge < -0.3 is 10.2 Å². The Labute approximate surface area is 80.9 Å². The van der Waals surface area contributed by atoms with E-state index >= 15 is 0 Å². The Balaban J connectivity index is 0. The lowest BCUT2D eigenvalue weighted by Crippen LogP contribution is -2.02. The van der Waals surface area contributed by atoms with Gasteiger partial charge in [0.1, 0.15) is 0 Å². The molecular weight excluding hydrogens is 164 g/mol. The highest BCUT2D eigenvalue weighted by atomic mass is 16.3. The van der Waals surface area contributed by atoms with Gasteiger partial charge in [-0.2, -0.15) is 0 Å². The van der Waals surface area contributed by atoms with Gasteiger partial charge in [0.25, 0.3) is 0 Å². The maximum atomic E-state index is 9.34. The maximum absolute atomic E-state index is 9.34. The lowest BCUT2D eigenvalue weighted by Gasteiger charge is -2.05. The number of rotatable bonds is 4. The van der Waals surface area contributed by atoms with Crippen LogP contribution in [0.2, 0.25) is 0 Å². The summed E-state index contributed by atoms with van der Waals surface area (Å²) >= 11 is 0. The highest BCUT2D eigenvalue weighted by molar-refractivity contribution is 5.14. The first-order valence-electron chi connectivity index (χ1n) is 4.14. The molecule has 76 valence electrons. The van der Waals surface area contributed by atoms with Crippen LogP contribution in [0.4, 0.5) is 0 Å². The van der Waals surface area contributed by atoms with Gasteiger partial charge in [-0.05, 0) is 13.8 Å². The van der Waals surface area contributed by atoms with Gasteiger partial charge in [-0.25, -0.2) is 0 Å². The average Bonchev–Trinajstić information content (AvgIpc) is 2.06. The molecule has 0 aromatic heterocycles. The largest absolute Gasteiger partial charge is 0.400 e. The van der Waals surface area contributed by atoms with Crippen molar-refractivity contribution in [1.82, 2.24) is 0 Å². The summed E-state index contributed by atoms with van der Waals surface area (Å²) in [6, 6.07) is 0. The number of hydrogen-bond donors (Lipinski definition) is 2. The van der Waals surface area contributed by atoms with Crippen molar-refractivity contribution in [3.63, 3.8) is 0 Å². The van der Waals surface area contributed by atoms with Crippen LogP contribution in [0.3, 0.4) is 0 Å². The first-order valence-corrected chi connectivity index (χ1v) is 4.14. The fourth-order valence-corrected chi connectivity index (χ4v) is 0.796. The van der Waals surface area contributed by atoms with E-state index in [0.29, 0.717) is 6.42 Å². The van der Waals surface area contributed by atoms with E-state index in [9.17, 15) is 5.11 Å². The first kappa shape index (κ1) is 14.7. The van der Waals surface area contributed by atoms with Crippen molar-refractivity contribution in [1.29, 1.82) is 0 Å². The first-order chi connectivity index (χ1) is 6.06. The van der Waals surface area contributed by atoms with Crippen LogP contribution < -0.4 is 0 Å². The zero-order valence-electron chi connectivity index (χ0n) is 8.75. The van der Waals surface area contributed by atoms with Crippen LogP contribution >= 0.6 is 0 Å². The van der Waals surface area contributed by atoms with Crippen LogP contribution in [0, 0.1) is 0 Å². The molecule has 1 unspecified atom stereocenters. The molecule has 0 saturated carbocycles. The number of aliphatic hydroxyl groups is 2. The van der Waals surface area contributed by atoms with Crippen molar-refractivity contribution in [3.05, 3.63) is 36.5 Å². The standard InChI is InChI=1S/C10H16O.CH4O/c1-5-9(4)7-10(11)6-8(2)3;1-2/h5-6,10-11H,1,4,7H2,2-3H3;2H,1H3. The molecule has 2 N–H and O–H groups in total. The molecule has 0 aliphatic rings. The molecule has 0 amide bonds. The highest BCUT2D eigenvalue weighted by Gasteiger charge is 1.99. The molecule has 0 fully saturated rings. The topological polar surface area (TPSA) is 40.5 Å². The SMILES string of the molecule is C=CC(=C)CC(O)C=C(C)C.CO. The molecule has 0 aromatic rings. The molecule has 0 spiro atoms. The smallest absolute Gasteiger partial charge is 0.0763 e. The fourth-order valence-electron chi connectivity index (χ4n) is 0.796. The molecule has 0 aliphatic heterocycles. The Morgan fingerprint density at radius 2 is 1.85 bits per heavy atom. The van der Waals surface area contributed by atoms with E-state index in [1.807, 2.05) is 19.9 Å². The number of allylic oxidation sites excluding steroid dienone is 2. The quantitative estimate of drug-likeness (QED) is 0.518. The van der Waals surface area contributed by atoms with Gasteiger partial charge in [0.15, 0.2) is 0 Å². The van der Waals surface area contributed by atoms with Crippen molar-refractivity contribution in [2.45, 2.75) is 26.4 Å². The minimum absolute atomic E-state index is 0.412. The Hall–Kier alpha value is -0.860. The summed E-state index contributed by atoms with van der Waals surface area (Å²) in [6.07, 6.45) is 3.65. The average molecular weight is 184 g/mol. The molecule has 0 radical (unpaired) electrons. The molecule has 2 heteroatoms. The molecule has 0 bridgehead atoms. The van der Waals surface area contributed by atoms with Crippen molar-refractivity contribution in [3.8, 4) is 0 Å². The van der Waals surface area contributed by atoms with E-state index in [0.717, 1.165) is 18.3 Å². The normalized spacial score (nSPS) is 10.5. The van der Waals surface area contributed by atoms with Crippen LogP contribution in [-0.4, -0.2) is 23.4 Å². The summed E-state index contributed by atoms with van der Waals surface area (Å²) in [7, 11) is 1.00. The van der Waals surface area contributed by atoms with Gasteiger partial charge in [-0.3, -0.25) is 0 Å². The minimum Gasteiger partial charge on any atom is -0.400 e. The minimum atomic E-state index is -0.412. The maximum Gasteiger partial charge on any atom is 0.0763 e. The van der Waals surface area contributed by atoms with E-state index in [1.165, 1.54) is 0 Å². The second-order valence-electron chi connectivity index (χ2n) is 2.88. The van der Waals surface area contributed by atoms with Crippen LogP contribution in [0.5, 0.6) is 0 Å². The zero-order valence-corrected chi connectivity index (χ0v) is 8.75. The highest BCUT2D eigenvalue weighted by Crippen LogP contribution is 2.06. The van der Waals surface area contributed by atoms with Gasteiger partial charge in [-0.1, -0.05) is 36.5 Å². The summed E-state index contributed by atoms with van der Waals surface area (Å²) in [5.74, 6) is 0. The van der Waals surface area contributed by atoms with E-state index in [2.05, 4.69) is 13.2 Å². The lowest BCUT2D eigenvalue weighted by molar-refractivity contribution is 0.224. The molecule has 0 rings (SSSR count). The molecule has 0 saturated heterocycles. The molecule has 1 atom stereocenters. The van der Waals surface area contributed by atoms with Crippen molar-refractivity contribution in [2.24, 2.45) is 0 Å². The van der Waals surface area contributed by atoms with Crippen molar-refractivity contribution >= 4 is 0 Å². The molecule has 2 nitrogen and oxygen atoms in total. The van der Waals surface area contributed by atoms with Crippen LogP contribution in [0.25, 0.3) is 0 Å². The van der Waals surface area contributed by atoms with E-state index in [1.54, 1.807) is 6.08 Å². The Morgan fingerprint density at radius 1 is 1.38 bits per heavy atom. The molecule has 0 aliphatic carbocycles. The second-order valence-corrected chi connectivity index (χ2v) is 2.88. The predicted octanol–water partition coefficient (Wildman–Crippen LogP) is 2.05. The van der Waals surface area contributed by atoms with Crippen LogP contribution in [0.15, 0.2) is 36.5 Å². The van der Waals surface area contributed by atoms with Crippen molar-refractivity contribution in [2.75, 3.05) is 7.11 Å². The third-order valence-corrected chi connectivity index (χ3v) is 1.29. The third-order valence-electron chi connectivity index (χ3n) is 1.29. The summed E-state index contributed by atoms with van der Waals surface area (Å²) < 4.78 is 0.